The normalized spacial score (nSPS) is 18.2. The molecule has 0 saturated heterocycles. The number of likely N-dealkylation sites (N-methyl/N-ethyl adjacent to an activating group) is 1. The lowest BCUT2D eigenvalue weighted by molar-refractivity contribution is -0.127. The topological polar surface area (TPSA) is 65.0 Å². The van der Waals surface area contributed by atoms with Crippen molar-refractivity contribution in [3.63, 3.8) is 0 Å². The Morgan fingerprint density at radius 3 is 2.48 bits per heavy atom. The smallest absolute Gasteiger partial charge is 0.254 e. The second-order valence-corrected chi connectivity index (χ2v) is 7.75. The minimum absolute atomic E-state index is 0.00147. The number of allylic oxidation sites excluding steroid dienone is 1. The van der Waals surface area contributed by atoms with Gasteiger partial charge >= 0.3 is 0 Å². The fourth-order valence-electron chi connectivity index (χ4n) is 3.70. The Labute approximate surface area is 176 Å². The van der Waals surface area contributed by atoms with Gasteiger partial charge in [0.25, 0.3) is 5.91 Å². The van der Waals surface area contributed by atoms with E-state index >= 15 is 0 Å². The number of nitrogens with zero attached hydrogens (tertiary/aromatic N) is 3. The lowest BCUT2D eigenvalue weighted by Crippen LogP contribution is -2.42. The fourth-order valence-corrected chi connectivity index (χ4v) is 4.66. The molecule has 2 amide bonds. The molecule has 1 aromatic carbocycles. The third-order valence-electron chi connectivity index (χ3n) is 5.11. The van der Waals surface area contributed by atoms with Crippen molar-refractivity contribution in [1.82, 2.24) is 15.1 Å². The number of amides is 2. The number of benzene rings is 1. The van der Waals surface area contributed by atoms with Gasteiger partial charge in [0.1, 0.15) is 0 Å². The van der Waals surface area contributed by atoms with Gasteiger partial charge in [-0.15, -0.1) is 0 Å². The molecule has 154 valence electrons. The van der Waals surface area contributed by atoms with E-state index in [2.05, 4.69) is 10.2 Å². The van der Waals surface area contributed by atoms with Crippen molar-refractivity contribution >= 4 is 28.7 Å². The standard InChI is InChI=1S/C22H28N4O2S/c1-5-23-18(27)13-17-14-29-22-24-15(4)19(21(28)25(6-2)7-3)20(26(17)22)16-11-9-8-10-12-16/h8-12,14,20H,5-7,13H2,1-4H3,(H,23,27). The van der Waals surface area contributed by atoms with Crippen molar-refractivity contribution in [2.45, 2.75) is 40.2 Å². The summed E-state index contributed by atoms with van der Waals surface area (Å²) in [6.07, 6.45) is 0.259. The molecule has 2 aliphatic rings. The van der Waals surface area contributed by atoms with Crippen LogP contribution in [0.25, 0.3) is 0 Å². The van der Waals surface area contributed by atoms with Crippen LogP contribution in [0.2, 0.25) is 0 Å². The van der Waals surface area contributed by atoms with Crippen LogP contribution < -0.4 is 5.32 Å². The predicted octanol–water partition coefficient (Wildman–Crippen LogP) is 3.66. The number of fused-ring (bicyclic) bond motifs is 1. The number of carbonyl (C=O) groups is 2. The molecule has 6 nitrogen and oxygen atoms in total. The average Bonchev–Trinajstić information content (AvgIpc) is 3.10. The number of hydrogen-bond donors (Lipinski definition) is 1. The van der Waals surface area contributed by atoms with Gasteiger partial charge in [-0.25, -0.2) is 4.99 Å². The van der Waals surface area contributed by atoms with E-state index in [0.717, 1.165) is 22.1 Å². The molecular weight excluding hydrogens is 384 g/mol. The molecule has 0 bridgehead atoms. The number of rotatable bonds is 7. The van der Waals surface area contributed by atoms with Gasteiger partial charge in [-0.3, -0.25) is 9.59 Å². The van der Waals surface area contributed by atoms with Crippen LogP contribution in [-0.2, 0) is 9.59 Å². The highest BCUT2D eigenvalue weighted by Gasteiger charge is 2.41. The van der Waals surface area contributed by atoms with Crippen LogP contribution in [0.1, 0.15) is 45.7 Å². The first-order chi connectivity index (χ1) is 14.0. The highest BCUT2D eigenvalue weighted by Crippen LogP contribution is 2.44. The molecule has 3 rings (SSSR count). The van der Waals surface area contributed by atoms with Crippen LogP contribution in [0.15, 0.2) is 57.7 Å². The molecular formula is C22H28N4O2S. The molecule has 2 aliphatic heterocycles. The summed E-state index contributed by atoms with van der Waals surface area (Å²) in [5.74, 6) is -0.0336. The van der Waals surface area contributed by atoms with Gasteiger partial charge in [0.2, 0.25) is 5.91 Å². The number of carbonyl (C=O) groups excluding carboxylic acids is 2. The monoisotopic (exact) mass is 412 g/mol. The first kappa shape index (κ1) is 21.2. The Morgan fingerprint density at radius 1 is 1.17 bits per heavy atom. The van der Waals surface area contributed by atoms with E-state index in [4.69, 9.17) is 4.99 Å². The molecule has 0 fully saturated rings. The van der Waals surface area contributed by atoms with Crippen molar-refractivity contribution in [1.29, 1.82) is 0 Å². The quantitative estimate of drug-likeness (QED) is 0.742. The summed E-state index contributed by atoms with van der Waals surface area (Å²) in [5, 5.41) is 5.65. The van der Waals surface area contributed by atoms with Gasteiger partial charge in [0, 0.05) is 25.3 Å². The van der Waals surface area contributed by atoms with Crippen LogP contribution in [-0.4, -0.2) is 46.4 Å². The molecule has 1 atom stereocenters. The summed E-state index contributed by atoms with van der Waals surface area (Å²) < 4.78 is 0. The first-order valence-corrected chi connectivity index (χ1v) is 10.9. The predicted molar refractivity (Wildman–Crippen MR) is 118 cm³/mol. The van der Waals surface area contributed by atoms with E-state index in [0.29, 0.717) is 25.2 Å². The summed E-state index contributed by atoms with van der Waals surface area (Å²) >= 11 is 1.51. The lowest BCUT2D eigenvalue weighted by Gasteiger charge is -2.38. The molecule has 1 unspecified atom stereocenters. The van der Waals surface area contributed by atoms with Crippen LogP contribution in [0.3, 0.4) is 0 Å². The van der Waals surface area contributed by atoms with Crippen LogP contribution in [0.5, 0.6) is 0 Å². The Hall–Kier alpha value is -2.54. The van der Waals surface area contributed by atoms with Crippen LogP contribution in [0, 0.1) is 0 Å². The highest BCUT2D eigenvalue weighted by molar-refractivity contribution is 8.16. The Bertz CT molecular complexity index is 872. The minimum Gasteiger partial charge on any atom is -0.356 e. The Kier molecular flexibility index (Phi) is 6.79. The zero-order valence-corrected chi connectivity index (χ0v) is 18.3. The molecule has 29 heavy (non-hydrogen) atoms. The largest absolute Gasteiger partial charge is 0.356 e. The lowest BCUT2D eigenvalue weighted by atomic mass is 9.92. The number of nitrogens with one attached hydrogen (secondary N) is 1. The maximum absolute atomic E-state index is 13.4. The average molecular weight is 413 g/mol. The van der Waals surface area contributed by atoms with E-state index in [1.807, 2.05) is 68.3 Å². The third kappa shape index (κ3) is 4.24. The molecule has 0 radical (unpaired) electrons. The molecule has 2 heterocycles. The second-order valence-electron chi connectivity index (χ2n) is 6.91. The van der Waals surface area contributed by atoms with Crippen LogP contribution in [0.4, 0.5) is 0 Å². The zero-order valence-electron chi connectivity index (χ0n) is 17.4. The van der Waals surface area contributed by atoms with Gasteiger partial charge in [-0.05, 0) is 38.7 Å². The number of aliphatic imine (C=N–C) groups is 1. The molecule has 0 aliphatic carbocycles. The summed E-state index contributed by atoms with van der Waals surface area (Å²) in [5.41, 5.74) is 3.29. The summed E-state index contributed by atoms with van der Waals surface area (Å²) in [6.45, 7) is 9.65. The molecule has 0 spiro atoms. The Balaban J connectivity index is 2.06. The Morgan fingerprint density at radius 2 is 1.86 bits per heavy atom. The van der Waals surface area contributed by atoms with Crippen molar-refractivity contribution in [2.75, 3.05) is 19.6 Å². The van der Waals surface area contributed by atoms with Gasteiger partial charge in [0.05, 0.1) is 23.7 Å². The highest BCUT2D eigenvalue weighted by atomic mass is 32.2. The third-order valence-corrected chi connectivity index (χ3v) is 6.00. The second kappa shape index (κ2) is 9.31. The molecule has 1 aromatic rings. The molecule has 7 heteroatoms. The SMILES string of the molecule is CCNC(=O)CC1=CSC2=NC(C)=C(C(=O)N(CC)CC)C(c3ccccc3)N12. The van der Waals surface area contributed by atoms with E-state index in [1.54, 1.807) is 0 Å². The molecule has 0 aromatic heterocycles. The summed E-state index contributed by atoms with van der Waals surface area (Å²) in [4.78, 5) is 34.3. The van der Waals surface area contributed by atoms with Crippen molar-refractivity contribution in [2.24, 2.45) is 4.99 Å². The fraction of sp³-hybridized carbons (Fsp3) is 0.409. The van der Waals surface area contributed by atoms with Gasteiger partial charge in [0.15, 0.2) is 5.17 Å². The van der Waals surface area contributed by atoms with Gasteiger partial charge in [-0.2, -0.15) is 0 Å². The summed E-state index contributed by atoms with van der Waals surface area (Å²) in [6, 6.07) is 9.69. The first-order valence-electron chi connectivity index (χ1n) is 10.1. The maximum Gasteiger partial charge on any atom is 0.254 e. The van der Waals surface area contributed by atoms with Crippen molar-refractivity contribution in [3.8, 4) is 0 Å². The summed E-state index contributed by atoms with van der Waals surface area (Å²) in [7, 11) is 0. The van der Waals surface area contributed by atoms with E-state index < -0.39 is 0 Å². The van der Waals surface area contributed by atoms with Crippen LogP contribution >= 0.6 is 11.8 Å². The molecule has 0 saturated carbocycles. The van der Waals surface area contributed by atoms with Crippen molar-refractivity contribution < 1.29 is 9.59 Å². The number of thioether (sulfide) groups is 1. The number of amidine groups is 1. The number of hydrogen-bond acceptors (Lipinski definition) is 5. The maximum atomic E-state index is 13.4. The van der Waals surface area contributed by atoms with Gasteiger partial charge < -0.3 is 15.1 Å². The minimum atomic E-state index is -0.299. The van der Waals surface area contributed by atoms with E-state index in [9.17, 15) is 9.59 Å². The van der Waals surface area contributed by atoms with Gasteiger partial charge in [-0.1, -0.05) is 42.1 Å². The zero-order chi connectivity index (χ0) is 21.0. The molecule has 1 N–H and O–H groups in total. The van der Waals surface area contributed by atoms with E-state index in [1.165, 1.54) is 11.8 Å². The van der Waals surface area contributed by atoms with Crippen molar-refractivity contribution in [3.05, 3.63) is 58.3 Å². The van der Waals surface area contributed by atoms with E-state index in [-0.39, 0.29) is 24.3 Å².